The van der Waals surface area contributed by atoms with Gasteiger partial charge in [-0.1, -0.05) is 12.5 Å². The third kappa shape index (κ3) is 3.43. The Morgan fingerprint density at radius 3 is 2.67 bits per heavy atom. The molecular formula is C16H15N3O4S. The molecule has 124 valence electrons. The lowest BCUT2D eigenvalue weighted by molar-refractivity contribution is -0.384. The van der Waals surface area contributed by atoms with Gasteiger partial charge in [0.1, 0.15) is 5.00 Å². The molecule has 0 unspecified atom stereocenters. The summed E-state index contributed by atoms with van der Waals surface area (Å²) in [6, 6.07) is 7.33. The zero-order valence-electron chi connectivity index (χ0n) is 12.7. The van der Waals surface area contributed by atoms with Crippen LogP contribution in [0.25, 0.3) is 0 Å². The average Bonchev–Trinajstić information content (AvgIpc) is 2.93. The Kier molecular flexibility index (Phi) is 4.57. The van der Waals surface area contributed by atoms with Crippen molar-refractivity contribution >= 4 is 39.5 Å². The van der Waals surface area contributed by atoms with Gasteiger partial charge in [0.25, 0.3) is 11.6 Å². The molecular weight excluding hydrogens is 330 g/mol. The quantitative estimate of drug-likeness (QED) is 0.638. The van der Waals surface area contributed by atoms with Crippen molar-refractivity contribution in [2.75, 3.05) is 10.6 Å². The van der Waals surface area contributed by atoms with Crippen LogP contribution >= 0.6 is 11.3 Å². The van der Waals surface area contributed by atoms with Crippen LogP contribution < -0.4 is 10.6 Å². The van der Waals surface area contributed by atoms with Gasteiger partial charge in [0, 0.05) is 23.7 Å². The smallest absolute Gasteiger partial charge is 0.271 e. The molecule has 1 saturated carbocycles. The van der Waals surface area contributed by atoms with Crippen molar-refractivity contribution < 1.29 is 14.5 Å². The molecule has 8 heteroatoms. The minimum Gasteiger partial charge on any atom is -0.322 e. The van der Waals surface area contributed by atoms with Gasteiger partial charge in [-0.15, -0.1) is 11.3 Å². The topological polar surface area (TPSA) is 101 Å². The van der Waals surface area contributed by atoms with Crippen LogP contribution in [-0.4, -0.2) is 16.7 Å². The molecule has 1 aromatic heterocycles. The van der Waals surface area contributed by atoms with E-state index in [-0.39, 0.29) is 17.5 Å². The van der Waals surface area contributed by atoms with Crippen molar-refractivity contribution in [2.45, 2.75) is 19.3 Å². The number of carbonyl (C=O) groups is 2. The monoisotopic (exact) mass is 345 g/mol. The number of thiophene rings is 1. The largest absolute Gasteiger partial charge is 0.322 e. The predicted molar refractivity (Wildman–Crippen MR) is 91.3 cm³/mol. The van der Waals surface area contributed by atoms with Crippen LogP contribution in [0.5, 0.6) is 0 Å². The zero-order valence-corrected chi connectivity index (χ0v) is 13.5. The van der Waals surface area contributed by atoms with Gasteiger partial charge in [0.15, 0.2) is 0 Å². The van der Waals surface area contributed by atoms with Gasteiger partial charge in [-0.2, -0.15) is 0 Å². The molecule has 1 aliphatic carbocycles. The first-order valence-corrected chi connectivity index (χ1v) is 8.37. The van der Waals surface area contributed by atoms with Crippen LogP contribution in [0, 0.1) is 16.0 Å². The van der Waals surface area contributed by atoms with E-state index < -0.39 is 10.8 Å². The second-order valence-electron chi connectivity index (χ2n) is 5.54. The number of benzene rings is 1. The van der Waals surface area contributed by atoms with Gasteiger partial charge < -0.3 is 10.6 Å². The Morgan fingerprint density at radius 1 is 1.21 bits per heavy atom. The van der Waals surface area contributed by atoms with Crippen molar-refractivity contribution in [1.82, 2.24) is 0 Å². The molecule has 1 aliphatic rings. The maximum absolute atomic E-state index is 12.4. The number of nitrogens with one attached hydrogen (secondary N) is 2. The highest BCUT2D eigenvalue weighted by Gasteiger charge is 2.26. The molecule has 0 atom stereocenters. The third-order valence-corrected chi connectivity index (χ3v) is 4.77. The van der Waals surface area contributed by atoms with Crippen LogP contribution in [0.1, 0.15) is 29.6 Å². The molecule has 3 rings (SSSR count). The van der Waals surface area contributed by atoms with Crippen molar-refractivity contribution in [3.05, 3.63) is 51.4 Å². The normalized spacial score (nSPS) is 13.8. The number of hydrogen-bond acceptors (Lipinski definition) is 5. The number of non-ortho nitro benzene ring substituents is 1. The fourth-order valence-corrected chi connectivity index (χ4v) is 3.15. The first kappa shape index (κ1) is 16.1. The molecule has 0 radical (unpaired) electrons. The van der Waals surface area contributed by atoms with E-state index in [1.165, 1.54) is 29.5 Å². The van der Waals surface area contributed by atoms with Crippen molar-refractivity contribution in [3.63, 3.8) is 0 Å². The van der Waals surface area contributed by atoms with Gasteiger partial charge >= 0.3 is 0 Å². The molecule has 2 aromatic rings. The van der Waals surface area contributed by atoms with E-state index in [0.717, 1.165) is 19.3 Å². The second-order valence-corrected chi connectivity index (χ2v) is 6.46. The predicted octanol–water partition coefficient (Wildman–Crippen LogP) is 3.65. The Hall–Kier alpha value is -2.74. The Balaban J connectivity index is 1.71. The summed E-state index contributed by atoms with van der Waals surface area (Å²) in [7, 11) is 0. The number of rotatable bonds is 5. The Labute approximate surface area is 141 Å². The van der Waals surface area contributed by atoms with Gasteiger partial charge in [-0.05, 0) is 30.4 Å². The van der Waals surface area contributed by atoms with E-state index in [4.69, 9.17) is 0 Å². The number of nitro groups is 1. The molecule has 1 heterocycles. The molecule has 0 aliphatic heterocycles. The average molecular weight is 345 g/mol. The maximum Gasteiger partial charge on any atom is 0.271 e. The van der Waals surface area contributed by atoms with Crippen LogP contribution in [0.4, 0.5) is 16.4 Å². The van der Waals surface area contributed by atoms with Crippen LogP contribution in [0.2, 0.25) is 0 Å². The fourth-order valence-electron chi connectivity index (χ4n) is 2.36. The standard InChI is InChI=1S/C16H15N3O4S/c20-14(10-3-1-4-10)18-16-13(7-8-24-16)15(21)17-11-5-2-6-12(9-11)19(22)23/h2,5-10H,1,3-4H2,(H,17,21)(H,18,20). The molecule has 0 bridgehead atoms. The van der Waals surface area contributed by atoms with Crippen molar-refractivity contribution in [3.8, 4) is 0 Å². The van der Waals surface area contributed by atoms with E-state index >= 15 is 0 Å². The number of anilines is 2. The van der Waals surface area contributed by atoms with Gasteiger partial charge in [-0.3, -0.25) is 19.7 Å². The van der Waals surface area contributed by atoms with Crippen molar-refractivity contribution in [2.24, 2.45) is 5.92 Å². The van der Waals surface area contributed by atoms with Crippen molar-refractivity contribution in [1.29, 1.82) is 0 Å². The minimum absolute atomic E-state index is 0.0276. The molecule has 2 amide bonds. The van der Waals surface area contributed by atoms with Gasteiger partial charge in [-0.25, -0.2) is 0 Å². The highest BCUT2D eigenvalue weighted by atomic mass is 32.1. The first-order chi connectivity index (χ1) is 11.5. The summed E-state index contributed by atoms with van der Waals surface area (Å²) in [6.07, 6.45) is 2.82. The molecule has 0 saturated heterocycles. The van der Waals surface area contributed by atoms with E-state index in [2.05, 4.69) is 10.6 Å². The minimum atomic E-state index is -0.523. The first-order valence-electron chi connectivity index (χ1n) is 7.49. The zero-order chi connectivity index (χ0) is 17.1. The van der Waals surface area contributed by atoms with Gasteiger partial charge in [0.2, 0.25) is 5.91 Å². The Morgan fingerprint density at radius 2 is 2.00 bits per heavy atom. The summed E-state index contributed by atoms with van der Waals surface area (Å²) in [5, 5.41) is 18.4. The highest BCUT2D eigenvalue weighted by molar-refractivity contribution is 7.14. The number of hydrogen-bond donors (Lipinski definition) is 2. The molecule has 24 heavy (non-hydrogen) atoms. The molecule has 7 nitrogen and oxygen atoms in total. The summed E-state index contributed by atoms with van der Waals surface area (Å²) >= 11 is 1.28. The fraction of sp³-hybridized carbons (Fsp3) is 0.250. The van der Waals surface area contributed by atoms with E-state index in [1.807, 2.05) is 0 Å². The van der Waals surface area contributed by atoms with E-state index in [1.54, 1.807) is 17.5 Å². The number of carbonyl (C=O) groups excluding carboxylic acids is 2. The van der Waals surface area contributed by atoms with Crippen LogP contribution in [-0.2, 0) is 4.79 Å². The molecule has 1 aromatic carbocycles. The number of nitro benzene ring substituents is 1. The number of nitrogens with zero attached hydrogens (tertiary/aromatic N) is 1. The molecule has 0 spiro atoms. The third-order valence-electron chi connectivity index (χ3n) is 3.94. The Bertz CT molecular complexity index is 798. The lowest BCUT2D eigenvalue weighted by Gasteiger charge is -2.23. The summed E-state index contributed by atoms with van der Waals surface area (Å²) in [4.78, 5) is 34.7. The van der Waals surface area contributed by atoms with Crippen LogP contribution in [0.15, 0.2) is 35.7 Å². The van der Waals surface area contributed by atoms with E-state index in [9.17, 15) is 19.7 Å². The lowest BCUT2D eigenvalue weighted by Crippen LogP contribution is -2.28. The summed E-state index contributed by atoms with van der Waals surface area (Å²) < 4.78 is 0. The SMILES string of the molecule is O=C(Nc1cccc([N+](=O)[O-])c1)c1ccsc1NC(=O)C1CCC1. The van der Waals surface area contributed by atoms with Gasteiger partial charge in [0.05, 0.1) is 10.5 Å². The maximum atomic E-state index is 12.4. The van der Waals surface area contributed by atoms with Crippen LogP contribution in [0.3, 0.4) is 0 Å². The molecule has 2 N–H and O–H groups in total. The summed E-state index contributed by atoms with van der Waals surface area (Å²) in [5.41, 5.74) is 0.576. The second kappa shape index (κ2) is 6.79. The van der Waals surface area contributed by atoms with E-state index in [0.29, 0.717) is 16.3 Å². The molecule has 1 fully saturated rings. The summed E-state index contributed by atoms with van der Waals surface area (Å²) in [6.45, 7) is 0. The highest BCUT2D eigenvalue weighted by Crippen LogP contribution is 2.30. The lowest BCUT2D eigenvalue weighted by atomic mass is 9.85. The number of amides is 2. The summed E-state index contributed by atoms with van der Waals surface area (Å²) in [5.74, 6) is -0.450.